The van der Waals surface area contributed by atoms with Gasteiger partial charge in [0.05, 0.1) is 11.6 Å². The highest BCUT2D eigenvalue weighted by molar-refractivity contribution is 5.75. The Morgan fingerprint density at radius 1 is 1.33 bits per heavy atom. The van der Waals surface area contributed by atoms with E-state index in [0.29, 0.717) is 17.8 Å². The van der Waals surface area contributed by atoms with Crippen LogP contribution in [0.5, 0.6) is 0 Å². The van der Waals surface area contributed by atoms with Gasteiger partial charge < -0.3 is 9.72 Å². The Balaban J connectivity index is 1.86. The van der Waals surface area contributed by atoms with Crippen LogP contribution in [0, 0.1) is 11.6 Å². The van der Waals surface area contributed by atoms with Crippen LogP contribution in [0.25, 0.3) is 11.0 Å². The van der Waals surface area contributed by atoms with Crippen molar-refractivity contribution >= 4 is 11.0 Å². The second-order valence-corrected chi connectivity index (χ2v) is 4.66. The van der Waals surface area contributed by atoms with Gasteiger partial charge in [0.1, 0.15) is 17.2 Å². The van der Waals surface area contributed by atoms with E-state index in [2.05, 4.69) is 9.97 Å². The number of ether oxygens (including phenoxy) is 1. The van der Waals surface area contributed by atoms with Crippen molar-refractivity contribution in [2.75, 3.05) is 6.61 Å². The summed E-state index contributed by atoms with van der Waals surface area (Å²) < 4.78 is 32.1. The molecule has 1 unspecified atom stereocenters. The minimum Gasteiger partial charge on any atom is -0.378 e. The van der Waals surface area contributed by atoms with Crippen molar-refractivity contribution in [3.05, 3.63) is 29.6 Å². The molecule has 18 heavy (non-hydrogen) atoms. The first-order chi connectivity index (χ1) is 8.72. The largest absolute Gasteiger partial charge is 0.378 e. The summed E-state index contributed by atoms with van der Waals surface area (Å²) in [5.74, 6) is -0.567. The third kappa shape index (κ3) is 2.22. The Morgan fingerprint density at radius 2 is 2.22 bits per heavy atom. The predicted octanol–water partition coefficient (Wildman–Crippen LogP) is 2.95. The van der Waals surface area contributed by atoms with Crippen molar-refractivity contribution in [2.24, 2.45) is 0 Å². The van der Waals surface area contributed by atoms with Crippen LogP contribution in [0.3, 0.4) is 0 Å². The van der Waals surface area contributed by atoms with Gasteiger partial charge in [-0.05, 0) is 25.3 Å². The van der Waals surface area contributed by atoms with E-state index in [0.717, 1.165) is 31.9 Å². The minimum atomic E-state index is -0.628. The van der Waals surface area contributed by atoms with Crippen LogP contribution in [-0.2, 0) is 11.2 Å². The van der Waals surface area contributed by atoms with Crippen molar-refractivity contribution < 1.29 is 13.5 Å². The van der Waals surface area contributed by atoms with E-state index in [1.54, 1.807) is 0 Å². The summed E-state index contributed by atoms with van der Waals surface area (Å²) in [5.41, 5.74) is 0.598. The molecule has 3 rings (SSSR count). The molecule has 1 aromatic carbocycles. The zero-order chi connectivity index (χ0) is 12.5. The van der Waals surface area contributed by atoms with Gasteiger partial charge in [-0.3, -0.25) is 0 Å². The highest BCUT2D eigenvalue weighted by Gasteiger charge is 2.17. The number of hydrogen-bond donors (Lipinski definition) is 1. The third-order valence-electron chi connectivity index (χ3n) is 3.25. The summed E-state index contributed by atoms with van der Waals surface area (Å²) in [6.07, 6.45) is 3.99. The Labute approximate surface area is 103 Å². The molecule has 3 nitrogen and oxygen atoms in total. The Morgan fingerprint density at radius 3 is 3.00 bits per heavy atom. The lowest BCUT2D eigenvalue weighted by molar-refractivity contribution is 0.0158. The second kappa shape index (κ2) is 4.65. The summed E-state index contributed by atoms with van der Waals surface area (Å²) in [7, 11) is 0. The zero-order valence-electron chi connectivity index (χ0n) is 9.88. The van der Waals surface area contributed by atoms with Crippen LogP contribution in [0.4, 0.5) is 8.78 Å². The van der Waals surface area contributed by atoms with Gasteiger partial charge in [-0.25, -0.2) is 13.8 Å². The maximum absolute atomic E-state index is 13.5. The molecule has 96 valence electrons. The van der Waals surface area contributed by atoms with E-state index in [4.69, 9.17) is 4.74 Å². The van der Waals surface area contributed by atoms with Gasteiger partial charge in [0.25, 0.3) is 0 Å². The predicted molar refractivity (Wildman–Crippen MR) is 63.3 cm³/mol. The number of rotatable bonds is 2. The fourth-order valence-corrected chi connectivity index (χ4v) is 2.37. The number of H-pyrrole nitrogens is 1. The number of imidazole rings is 1. The Bertz CT molecular complexity index is 561. The average molecular weight is 252 g/mol. The summed E-state index contributed by atoms with van der Waals surface area (Å²) in [6.45, 7) is 0.772. The molecule has 1 fully saturated rings. The van der Waals surface area contributed by atoms with Gasteiger partial charge in [-0.15, -0.1) is 0 Å². The second-order valence-electron chi connectivity index (χ2n) is 4.66. The van der Waals surface area contributed by atoms with Gasteiger partial charge in [0, 0.05) is 19.1 Å². The van der Waals surface area contributed by atoms with Crippen LogP contribution in [0.15, 0.2) is 12.1 Å². The topological polar surface area (TPSA) is 37.9 Å². The number of benzene rings is 1. The summed E-state index contributed by atoms with van der Waals surface area (Å²) >= 11 is 0. The minimum absolute atomic E-state index is 0.132. The monoisotopic (exact) mass is 252 g/mol. The average Bonchev–Trinajstić information content (AvgIpc) is 2.73. The molecule has 0 bridgehead atoms. The number of nitrogens with zero attached hydrogens (tertiary/aromatic N) is 1. The molecule has 0 amide bonds. The lowest BCUT2D eigenvalue weighted by Crippen LogP contribution is -2.21. The Kier molecular flexibility index (Phi) is 2.99. The SMILES string of the molecule is Fc1cc(F)c2nc(CC3CCCCO3)[nH]c2c1. The molecule has 2 heterocycles. The lowest BCUT2D eigenvalue weighted by atomic mass is 10.1. The van der Waals surface area contributed by atoms with E-state index in [1.165, 1.54) is 6.07 Å². The van der Waals surface area contributed by atoms with Crippen molar-refractivity contribution in [1.29, 1.82) is 0 Å². The van der Waals surface area contributed by atoms with Gasteiger partial charge >= 0.3 is 0 Å². The lowest BCUT2D eigenvalue weighted by Gasteiger charge is -2.21. The molecule has 0 aliphatic carbocycles. The zero-order valence-corrected chi connectivity index (χ0v) is 9.88. The number of hydrogen-bond acceptors (Lipinski definition) is 2. The molecule has 5 heteroatoms. The normalized spacial score (nSPS) is 20.4. The van der Waals surface area contributed by atoms with E-state index in [1.807, 2.05) is 0 Å². The fourth-order valence-electron chi connectivity index (χ4n) is 2.37. The van der Waals surface area contributed by atoms with Gasteiger partial charge in [0.15, 0.2) is 5.82 Å². The number of halogens is 2. The van der Waals surface area contributed by atoms with E-state index < -0.39 is 11.6 Å². The van der Waals surface area contributed by atoms with Gasteiger partial charge in [-0.2, -0.15) is 0 Å². The Hall–Kier alpha value is -1.49. The van der Waals surface area contributed by atoms with Crippen molar-refractivity contribution in [3.63, 3.8) is 0 Å². The number of aromatic amines is 1. The number of nitrogens with one attached hydrogen (secondary N) is 1. The van der Waals surface area contributed by atoms with Gasteiger partial charge in [0.2, 0.25) is 0 Å². The summed E-state index contributed by atoms with van der Waals surface area (Å²) in [4.78, 5) is 7.12. The maximum atomic E-state index is 13.5. The van der Waals surface area contributed by atoms with Crippen LogP contribution in [-0.4, -0.2) is 22.7 Å². The first-order valence-electron chi connectivity index (χ1n) is 6.17. The van der Waals surface area contributed by atoms with E-state index in [-0.39, 0.29) is 11.6 Å². The molecule has 2 aromatic rings. The molecule has 1 aliphatic heterocycles. The fraction of sp³-hybridized carbons (Fsp3) is 0.462. The van der Waals surface area contributed by atoms with E-state index in [9.17, 15) is 8.78 Å². The van der Waals surface area contributed by atoms with Crippen molar-refractivity contribution in [3.8, 4) is 0 Å². The summed E-state index contributed by atoms with van der Waals surface area (Å²) in [6, 6.07) is 2.11. The standard InChI is InChI=1S/C13H14F2N2O/c14-8-5-10(15)13-11(6-8)16-12(17-13)7-9-3-1-2-4-18-9/h5-6,9H,1-4,7H2,(H,16,17). The molecule has 0 saturated carbocycles. The molecular formula is C13H14F2N2O. The highest BCUT2D eigenvalue weighted by atomic mass is 19.1. The molecule has 1 aliphatic rings. The summed E-state index contributed by atoms with van der Waals surface area (Å²) in [5, 5.41) is 0. The maximum Gasteiger partial charge on any atom is 0.153 e. The number of aromatic nitrogens is 2. The van der Waals surface area contributed by atoms with Crippen LogP contribution in [0.1, 0.15) is 25.1 Å². The molecule has 0 spiro atoms. The molecule has 1 saturated heterocycles. The third-order valence-corrected chi connectivity index (χ3v) is 3.25. The molecular weight excluding hydrogens is 238 g/mol. The molecule has 0 radical (unpaired) electrons. The van der Waals surface area contributed by atoms with Crippen LogP contribution < -0.4 is 0 Å². The molecule has 1 N–H and O–H groups in total. The first kappa shape index (κ1) is 11.6. The van der Waals surface area contributed by atoms with Crippen molar-refractivity contribution in [2.45, 2.75) is 31.8 Å². The molecule has 1 atom stereocenters. The van der Waals surface area contributed by atoms with E-state index >= 15 is 0 Å². The molecule has 1 aromatic heterocycles. The number of fused-ring (bicyclic) bond motifs is 1. The highest BCUT2D eigenvalue weighted by Crippen LogP contribution is 2.20. The first-order valence-corrected chi connectivity index (χ1v) is 6.17. The smallest absolute Gasteiger partial charge is 0.153 e. The van der Waals surface area contributed by atoms with Gasteiger partial charge in [-0.1, -0.05) is 0 Å². The van der Waals surface area contributed by atoms with Crippen LogP contribution in [0.2, 0.25) is 0 Å². The quantitative estimate of drug-likeness (QED) is 0.892. The van der Waals surface area contributed by atoms with Crippen LogP contribution >= 0.6 is 0 Å². The van der Waals surface area contributed by atoms with Crippen molar-refractivity contribution in [1.82, 2.24) is 9.97 Å².